The minimum Gasteiger partial charge on any atom is -0.480 e. The molecule has 1 amide bonds. The fraction of sp³-hybridized carbons (Fsp3) is 0.867. The van der Waals surface area contributed by atoms with Gasteiger partial charge in [-0.25, -0.2) is 0 Å². The lowest BCUT2D eigenvalue weighted by Gasteiger charge is -2.39. The monoisotopic (exact) mass is 296 g/mol. The van der Waals surface area contributed by atoms with Gasteiger partial charge in [0.2, 0.25) is 0 Å². The first-order valence-corrected chi connectivity index (χ1v) is 8.06. The van der Waals surface area contributed by atoms with Gasteiger partial charge in [0.15, 0.2) is 0 Å². The average Bonchev–Trinajstić information content (AvgIpc) is 3.18. The third-order valence-corrected chi connectivity index (χ3v) is 5.03. The molecule has 3 aliphatic rings. The number of aliphatic carboxylic acids is 1. The van der Waals surface area contributed by atoms with Crippen LogP contribution in [0.5, 0.6) is 0 Å². The van der Waals surface area contributed by atoms with E-state index in [-0.39, 0.29) is 18.1 Å². The summed E-state index contributed by atoms with van der Waals surface area (Å²) in [6.45, 7) is 3.03. The van der Waals surface area contributed by atoms with Crippen LogP contribution in [0, 0.1) is 0 Å². The van der Waals surface area contributed by atoms with E-state index in [2.05, 4.69) is 4.90 Å². The Bertz CT molecular complexity index is 400. The number of carboxylic acid groups (broad SMARTS) is 1. The van der Waals surface area contributed by atoms with Crippen LogP contribution in [0.15, 0.2) is 0 Å². The molecule has 0 aliphatic carbocycles. The Morgan fingerprint density at radius 3 is 2.38 bits per heavy atom. The Hall–Kier alpha value is -1.14. The zero-order chi connectivity index (χ0) is 14.8. The zero-order valence-corrected chi connectivity index (χ0v) is 12.4. The van der Waals surface area contributed by atoms with Gasteiger partial charge in [-0.2, -0.15) is 0 Å². The maximum atomic E-state index is 12.3. The van der Waals surface area contributed by atoms with E-state index in [4.69, 9.17) is 4.74 Å². The molecule has 2 unspecified atom stereocenters. The summed E-state index contributed by atoms with van der Waals surface area (Å²) in [7, 11) is 0. The van der Waals surface area contributed by atoms with Crippen LogP contribution >= 0.6 is 0 Å². The number of carbonyl (C=O) groups is 2. The third kappa shape index (κ3) is 3.06. The summed E-state index contributed by atoms with van der Waals surface area (Å²) < 4.78 is 5.46. The number of hydrogen-bond acceptors (Lipinski definition) is 4. The summed E-state index contributed by atoms with van der Waals surface area (Å²) in [5.74, 6) is -0.576. The summed E-state index contributed by atoms with van der Waals surface area (Å²) in [6.07, 6.45) is 5.05. The molecule has 3 heterocycles. The molecule has 0 bridgehead atoms. The Morgan fingerprint density at radius 2 is 1.76 bits per heavy atom. The average molecular weight is 296 g/mol. The fourth-order valence-electron chi connectivity index (χ4n) is 3.89. The van der Waals surface area contributed by atoms with Crippen molar-refractivity contribution < 1.29 is 19.4 Å². The molecule has 3 fully saturated rings. The number of hydrogen-bond donors (Lipinski definition) is 1. The predicted molar refractivity (Wildman–Crippen MR) is 75.9 cm³/mol. The molecule has 3 aliphatic heterocycles. The second-order valence-corrected chi connectivity index (χ2v) is 6.29. The predicted octanol–water partition coefficient (Wildman–Crippen LogP) is 0.705. The van der Waals surface area contributed by atoms with Gasteiger partial charge in [0.05, 0.1) is 0 Å². The maximum absolute atomic E-state index is 12.3. The minimum atomic E-state index is -0.703. The Kier molecular flexibility index (Phi) is 4.45. The summed E-state index contributed by atoms with van der Waals surface area (Å²) in [5, 5.41) is 9.28. The van der Waals surface area contributed by atoms with E-state index < -0.39 is 5.97 Å². The number of carboxylic acids is 1. The second kappa shape index (κ2) is 6.32. The molecule has 3 rings (SSSR count). The van der Waals surface area contributed by atoms with Gasteiger partial charge in [-0.1, -0.05) is 0 Å². The van der Waals surface area contributed by atoms with Crippen LogP contribution in [-0.4, -0.2) is 71.2 Å². The molecule has 21 heavy (non-hydrogen) atoms. The number of rotatable bonds is 3. The van der Waals surface area contributed by atoms with E-state index in [1.165, 1.54) is 0 Å². The van der Waals surface area contributed by atoms with Gasteiger partial charge in [-0.05, 0) is 45.1 Å². The van der Waals surface area contributed by atoms with Gasteiger partial charge in [-0.15, -0.1) is 0 Å². The molecular weight excluding hydrogens is 272 g/mol. The highest BCUT2D eigenvalue weighted by Crippen LogP contribution is 2.27. The molecule has 0 aromatic rings. The van der Waals surface area contributed by atoms with Crippen LogP contribution < -0.4 is 0 Å². The van der Waals surface area contributed by atoms with Crippen LogP contribution in [0.1, 0.15) is 38.5 Å². The quantitative estimate of drug-likeness (QED) is 0.830. The van der Waals surface area contributed by atoms with Crippen LogP contribution in [0.3, 0.4) is 0 Å². The van der Waals surface area contributed by atoms with Crippen LogP contribution in [0.25, 0.3) is 0 Å². The van der Waals surface area contributed by atoms with Crippen molar-refractivity contribution in [3.8, 4) is 0 Å². The van der Waals surface area contributed by atoms with Crippen LogP contribution in [0.2, 0.25) is 0 Å². The second-order valence-electron chi connectivity index (χ2n) is 6.29. The molecule has 0 aromatic heterocycles. The largest absolute Gasteiger partial charge is 0.480 e. The first-order chi connectivity index (χ1) is 10.2. The van der Waals surface area contributed by atoms with E-state index >= 15 is 0 Å². The van der Waals surface area contributed by atoms with Gasteiger partial charge in [0.1, 0.15) is 12.1 Å². The van der Waals surface area contributed by atoms with Crippen molar-refractivity contribution in [3.05, 3.63) is 0 Å². The number of piperidine rings is 1. The smallest absolute Gasteiger partial charge is 0.320 e. The lowest BCUT2D eigenvalue weighted by Crippen LogP contribution is -2.51. The van der Waals surface area contributed by atoms with Crippen molar-refractivity contribution in [2.45, 2.75) is 56.7 Å². The van der Waals surface area contributed by atoms with Gasteiger partial charge in [0, 0.05) is 25.7 Å². The molecule has 1 N–H and O–H groups in total. The van der Waals surface area contributed by atoms with Crippen molar-refractivity contribution in [3.63, 3.8) is 0 Å². The summed E-state index contributed by atoms with van der Waals surface area (Å²) in [6, 6.07) is -0.0161. The van der Waals surface area contributed by atoms with Gasteiger partial charge in [-0.3, -0.25) is 14.5 Å². The summed E-state index contributed by atoms with van der Waals surface area (Å²) in [5.41, 5.74) is 0. The number of amides is 1. The highest BCUT2D eigenvalue weighted by Gasteiger charge is 2.38. The first kappa shape index (κ1) is 14.8. The Labute approximate surface area is 125 Å². The van der Waals surface area contributed by atoms with E-state index in [1.54, 1.807) is 0 Å². The highest BCUT2D eigenvalue weighted by molar-refractivity contribution is 5.81. The highest BCUT2D eigenvalue weighted by atomic mass is 16.5. The van der Waals surface area contributed by atoms with E-state index in [9.17, 15) is 14.7 Å². The lowest BCUT2D eigenvalue weighted by atomic mass is 10.0. The number of likely N-dealkylation sites (tertiary alicyclic amines) is 2. The van der Waals surface area contributed by atoms with Crippen molar-refractivity contribution >= 4 is 11.9 Å². The van der Waals surface area contributed by atoms with E-state index in [1.807, 2.05) is 4.90 Å². The lowest BCUT2D eigenvalue weighted by molar-refractivity contribution is -0.146. The van der Waals surface area contributed by atoms with Crippen molar-refractivity contribution in [2.75, 3.05) is 26.2 Å². The SMILES string of the molecule is O=C(O)C1CCCN1C1CCN(C(=O)C2CCCO2)CC1. The maximum Gasteiger partial charge on any atom is 0.320 e. The zero-order valence-electron chi connectivity index (χ0n) is 12.4. The molecule has 118 valence electrons. The Morgan fingerprint density at radius 1 is 1.00 bits per heavy atom. The summed E-state index contributed by atoms with van der Waals surface area (Å²) >= 11 is 0. The summed E-state index contributed by atoms with van der Waals surface area (Å²) in [4.78, 5) is 27.6. The molecule has 0 radical (unpaired) electrons. The molecule has 6 heteroatoms. The van der Waals surface area contributed by atoms with E-state index in [0.717, 1.165) is 58.2 Å². The molecule has 0 aromatic carbocycles. The van der Waals surface area contributed by atoms with Crippen molar-refractivity contribution in [2.24, 2.45) is 0 Å². The van der Waals surface area contributed by atoms with Gasteiger partial charge < -0.3 is 14.7 Å². The van der Waals surface area contributed by atoms with Crippen LogP contribution in [0.4, 0.5) is 0 Å². The number of carbonyl (C=O) groups excluding carboxylic acids is 1. The van der Waals surface area contributed by atoms with Gasteiger partial charge in [0.25, 0.3) is 5.91 Å². The molecule has 0 saturated carbocycles. The molecule has 3 saturated heterocycles. The standard InChI is InChI=1S/C15H24N2O4/c18-14(13-4-2-10-21-13)16-8-5-11(6-9-16)17-7-1-3-12(17)15(19)20/h11-13H,1-10H2,(H,19,20). The van der Waals surface area contributed by atoms with Gasteiger partial charge >= 0.3 is 5.97 Å². The van der Waals surface area contributed by atoms with Crippen LogP contribution in [-0.2, 0) is 14.3 Å². The fourth-order valence-corrected chi connectivity index (χ4v) is 3.89. The molecule has 0 spiro atoms. The molecule has 2 atom stereocenters. The van der Waals surface area contributed by atoms with E-state index in [0.29, 0.717) is 12.6 Å². The van der Waals surface area contributed by atoms with Crippen molar-refractivity contribution in [1.82, 2.24) is 9.80 Å². The Balaban J connectivity index is 1.52. The number of ether oxygens (including phenoxy) is 1. The molecular formula is C15H24N2O4. The topological polar surface area (TPSA) is 70.1 Å². The normalized spacial score (nSPS) is 31.7. The first-order valence-electron chi connectivity index (χ1n) is 8.06. The third-order valence-electron chi connectivity index (χ3n) is 5.03. The number of nitrogens with zero attached hydrogens (tertiary/aromatic N) is 2. The van der Waals surface area contributed by atoms with Crippen molar-refractivity contribution in [1.29, 1.82) is 0 Å². The molecule has 6 nitrogen and oxygen atoms in total. The minimum absolute atomic E-state index is 0.127.